The van der Waals surface area contributed by atoms with Crippen LogP contribution in [0.4, 0.5) is 0 Å². The van der Waals surface area contributed by atoms with E-state index in [0.29, 0.717) is 23.2 Å². The number of aryl methyl sites for hydroxylation is 2. The van der Waals surface area contributed by atoms with Gasteiger partial charge in [0.2, 0.25) is 10.0 Å². The summed E-state index contributed by atoms with van der Waals surface area (Å²) >= 11 is 0. The highest BCUT2D eigenvalue weighted by Gasteiger charge is 2.16. The lowest BCUT2D eigenvalue weighted by molar-refractivity contribution is -0.114. The first kappa shape index (κ1) is 22.3. The van der Waals surface area contributed by atoms with Crippen molar-refractivity contribution >= 4 is 32.9 Å². The summed E-state index contributed by atoms with van der Waals surface area (Å²) in [6.07, 6.45) is 6.87. The summed E-state index contributed by atoms with van der Waals surface area (Å²) in [6.45, 7) is 3.81. The van der Waals surface area contributed by atoms with Crippen molar-refractivity contribution in [1.82, 2.24) is 19.1 Å². The Morgan fingerprint density at radius 2 is 2.06 bits per heavy atom. The van der Waals surface area contributed by atoms with Gasteiger partial charge < -0.3 is 4.57 Å². The second-order valence-electron chi connectivity index (χ2n) is 7.34. The normalized spacial score (nSPS) is 11.8. The highest BCUT2D eigenvalue weighted by Crippen LogP contribution is 2.26. The molecular weight excluding hydrogens is 414 g/mol. The van der Waals surface area contributed by atoms with Crippen molar-refractivity contribution in [2.24, 2.45) is 7.05 Å². The zero-order valence-electron chi connectivity index (χ0n) is 17.8. The number of carbonyl (C=O) groups is 1. The monoisotopic (exact) mass is 439 g/mol. The highest BCUT2D eigenvalue weighted by molar-refractivity contribution is 7.90. The molecular formula is C22H25N5O3S. The number of unbranched alkanes of at least 4 members (excludes halogenated alkanes) is 2. The van der Waals surface area contributed by atoms with E-state index in [-0.39, 0.29) is 5.75 Å². The molecule has 0 aliphatic carbocycles. The topological polar surface area (TPSA) is 110 Å². The Morgan fingerprint density at radius 3 is 2.77 bits per heavy atom. The van der Waals surface area contributed by atoms with Gasteiger partial charge >= 0.3 is 0 Å². The van der Waals surface area contributed by atoms with Crippen LogP contribution in [0.25, 0.3) is 22.8 Å². The molecule has 1 aromatic carbocycles. The van der Waals surface area contributed by atoms with Gasteiger partial charge in [0.05, 0.1) is 28.6 Å². The number of nitriles is 1. The van der Waals surface area contributed by atoms with E-state index in [1.165, 1.54) is 6.08 Å². The first-order valence-electron chi connectivity index (χ1n) is 10.0. The number of nitrogens with one attached hydrogen (secondary N) is 1. The second kappa shape index (κ2) is 9.18. The molecule has 0 aliphatic rings. The van der Waals surface area contributed by atoms with E-state index < -0.39 is 15.9 Å². The van der Waals surface area contributed by atoms with Gasteiger partial charge in [0.15, 0.2) is 0 Å². The molecule has 0 bridgehead atoms. The molecule has 9 heteroatoms. The second-order valence-corrected chi connectivity index (χ2v) is 9.18. The Morgan fingerprint density at radius 1 is 1.29 bits per heavy atom. The number of amides is 1. The number of hydrogen-bond acceptors (Lipinski definition) is 5. The van der Waals surface area contributed by atoms with Crippen molar-refractivity contribution in [2.45, 2.75) is 33.1 Å². The van der Waals surface area contributed by atoms with Gasteiger partial charge in [0.1, 0.15) is 5.82 Å². The summed E-state index contributed by atoms with van der Waals surface area (Å²) in [5.41, 5.74) is 2.86. The van der Waals surface area contributed by atoms with Crippen molar-refractivity contribution in [3.05, 3.63) is 53.4 Å². The summed E-state index contributed by atoms with van der Waals surface area (Å²) in [7, 11) is -1.86. The van der Waals surface area contributed by atoms with Crippen molar-refractivity contribution in [2.75, 3.05) is 5.75 Å². The van der Waals surface area contributed by atoms with E-state index in [4.69, 9.17) is 5.26 Å². The van der Waals surface area contributed by atoms with Crippen LogP contribution in [0.5, 0.6) is 0 Å². The third-order valence-corrected chi connectivity index (χ3v) is 6.30. The van der Waals surface area contributed by atoms with Crippen LogP contribution < -0.4 is 4.72 Å². The maximum absolute atomic E-state index is 12.2. The summed E-state index contributed by atoms with van der Waals surface area (Å²) in [6, 6.07) is 9.45. The van der Waals surface area contributed by atoms with Crippen molar-refractivity contribution in [1.29, 1.82) is 5.26 Å². The van der Waals surface area contributed by atoms with Crippen molar-refractivity contribution in [3.8, 4) is 11.9 Å². The molecule has 3 aromatic rings. The first-order chi connectivity index (χ1) is 14.8. The van der Waals surface area contributed by atoms with Crippen molar-refractivity contribution in [3.63, 3.8) is 0 Å². The number of benzene rings is 1. The summed E-state index contributed by atoms with van der Waals surface area (Å²) in [4.78, 5) is 12.2. The molecule has 31 heavy (non-hydrogen) atoms. The summed E-state index contributed by atoms with van der Waals surface area (Å²) in [5.74, 6) is -0.0359. The Hall–Kier alpha value is -3.38. The minimum Gasteiger partial charge on any atom is -0.301 e. The van der Waals surface area contributed by atoms with E-state index >= 15 is 0 Å². The van der Waals surface area contributed by atoms with Gasteiger partial charge in [0, 0.05) is 30.3 Å². The highest BCUT2D eigenvalue weighted by atomic mass is 32.2. The standard InChI is InChI=1S/C22H25N5O3S/c1-4-5-6-13-31(29,30)25-21(28)10-8-19-16(2)24-26(3)22(19)27-12-11-18-14-17(15-23)7-9-20(18)27/h7-12,14H,4-6,13H2,1-3H3,(H,25,28). The van der Waals surface area contributed by atoms with E-state index in [9.17, 15) is 13.2 Å². The molecule has 1 N–H and O–H groups in total. The van der Waals surface area contributed by atoms with Crippen LogP contribution in [-0.2, 0) is 21.9 Å². The van der Waals surface area contributed by atoms with Crippen LogP contribution >= 0.6 is 0 Å². The third-order valence-electron chi connectivity index (χ3n) is 4.96. The molecule has 0 saturated heterocycles. The van der Waals surface area contributed by atoms with Crippen LogP contribution in [0.2, 0.25) is 0 Å². The van der Waals surface area contributed by atoms with Crippen LogP contribution in [0, 0.1) is 18.3 Å². The summed E-state index contributed by atoms with van der Waals surface area (Å²) < 4.78 is 29.8. The average molecular weight is 440 g/mol. The fraction of sp³-hybridized carbons (Fsp3) is 0.318. The molecule has 2 heterocycles. The van der Waals surface area contributed by atoms with Gasteiger partial charge in [-0.05, 0) is 43.7 Å². The van der Waals surface area contributed by atoms with Gasteiger partial charge in [-0.15, -0.1) is 0 Å². The van der Waals surface area contributed by atoms with Crippen LogP contribution in [-0.4, -0.2) is 34.4 Å². The van der Waals surface area contributed by atoms with Crippen molar-refractivity contribution < 1.29 is 13.2 Å². The Bertz CT molecular complexity index is 1290. The van der Waals surface area contributed by atoms with E-state index in [1.54, 1.807) is 29.9 Å². The smallest absolute Gasteiger partial charge is 0.257 e. The van der Waals surface area contributed by atoms with Crippen LogP contribution in [0.3, 0.4) is 0 Å². The third kappa shape index (κ3) is 5.03. The minimum atomic E-state index is -3.65. The van der Waals surface area contributed by atoms with Gasteiger partial charge in [-0.25, -0.2) is 13.1 Å². The number of hydrogen-bond donors (Lipinski definition) is 1. The number of sulfonamides is 1. The maximum Gasteiger partial charge on any atom is 0.257 e. The minimum absolute atomic E-state index is 0.0718. The summed E-state index contributed by atoms with van der Waals surface area (Å²) in [5, 5.41) is 14.5. The molecule has 2 aromatic heterocycles. The zero-order valence-corrected chi connectivity index (χ0v) is 18.6. The maximum atomic E-state index is 12.2. The predicted octanol–water partition coefficient (Wildman–Crippen LogP) is 3.19. The quantitative estimate of drug-likeness (QED) is 0.428. The van der Waals surface area contributed by atoms with E-state index in [2.05, 4.69) is 15.9 Å². The molecule has 0 aliphatic heterocycles. The number of fused-ring (bicyclic) bond motifs is 1. The Balaban J connectivity index is 1.89. The number of carbonyl (C=O) groups excluding carboxylic acids is 1. The molecule has 0 atom stereocenters. The molecule has 0 radical (unpaired) electrons. The number of aromatic nitrogens is 3. The molecule has 162 valence electrons. The fourth-order valence-electron chi connectivity index (χ4n) is 3.48. The Kier molecular flexibility index (Phi) is 6.61. The number of nitrogens with zero attached hydrogens (tertiary/aromatic N) is 4. The molecule has 0 fully saturated rings. The first-order valence-corrected chi connectivity index (χ1v) is 11.7. The number of rotatable bonds is 8. The van der Waals surface area contributed by atoms with Gasteiger partial charge in [-0.1, -0.05) is 19.8 Å². The molecule has 8 nitrogen and oxygen atoms in total. The van der Waals surface area contributed by atoms with E-state index in [0.717, 1.165) is 29.6 Å². The SMILES string of the molecule is CCCCCS(=O)(=O)NC(=O)C=Cc1c(C)nn(C)c1-n1ccc2cc(C#N)ccc21. The molecule has 3 rings (SSSR count). The van der Waals surface area contributed by atoms with Crippen LogP contribution in [0.15, 0.2) is 36.5 Å². The van der Waals surface area contributed by atoms with Gasteiger partial charge in [-0.3, -0.25) is 9.48 Å². The molecule has 0 saturated carbocycles. The lowest BCUT2D eigenvalue weighted by Crippen LogP contribution is -2.31. The fourth-order valence-corrected chi connectivity index (χ4v) is 4.54. The largest absolute Gasteiger partial charge is 0.301 e. The average Bonchev–Trinajstić information content (AvgIpc) is 3.24. The predicted molar refractivity (Wildman–Crippen MR) is 120 cm³/mol. The lowest BCUT2D eigenvalue weighted by atomic mass is 10.2. The molecule has 1 amide bonds. The Labute approximate surface area is 181 Å². The van der Waals surface area contributed by atoms with Gasteiger partial charge in [-0.2, -0.15) is 10.4 Å². The molecule has 0 unspecified atom stereocenters. The molecule has 0 spiro atoms. The van der Waals surface area contributed by atoms with E-state index in [1.807, 2.05) is 36.7 Å². The van der Waals surface area contributed by atoms with Gasteiger partial charge in [0.25, 0.3) is 5.91 Å². The lowest BCUT2D eigenvalue weighted by Gasteiger charge is -2.08. The zero-order chi connectivity index (χ0) is 22.6. The van der Waals surface area contributed by atoms with Crippen LogP contribution in [0.1, 0.15) is 43.0 Å².